The molecule has 0 aliphatic rings. The van der Waals surface area contributed by atoms with Crippen molar-refractivity contribution in [1.82, 2.24) is 14.5 Å². The van der Waals surface area contributed by atoms with Crippen molar-refractivity contribution in [1.29, 1.82) is 5.41 Å². The van der Waals surface area contributed by atoms with Crippen LogP contribution in [0.3, 0.4) is 0 Å². The van der Waals surface area contributed by atoms with Crippen molar-refractivity contribution in [2.45, 2.75) is 13.1 Å². The largest absolute Gasteiger partial charge is 0.497 e. The van der Waals surface area contributed by atoms with E-state index in [0.717, 1.165) is 11.6 Å². The zero-order valence-corrected chi connectivity index (χ0v) is 21.2. The quantitative estimate of drug-likeness (QED) is 0.315. The number of carbonyl (C=O) groups excluding carboxylic acids is 2. The summed E-state index contributed by atoms with van der Waals surface area (Å²) in [4.78, 5) is 25.4. The van der Waals surface area contributed by atoms with Crippen molar-refractivity contribution in [3.63, 3.8) is 0 Å². The molecule has 0 unspecified atom stereocenters. The van der Waals surface area contributed by atoms with E-state index >= 15 is 0 Å². The number of amides is 2. The monoisotopic (exact) mass is 517 g/mol. The molecule has 0 aliphatic heterocycles. The van der Waals surface area contributed by atoms with Gasteiger partial charge in [-0.05, 0) is 64.7 Å². The van der Waals surface area contributed by atoms with Crippen molar-refractivity contribution in [3.05, 3.63) is 101 Å². The number of methoxy groups -OCH3 is 2. The SMILES string of the molecule is COc1cc(CNC(=O)c2cc(Cn3ccn(C)c3=N)cc(-c3ccc(F)cc3C(N)=O)c2)cc(OC)c1. The number of halogens is 1. The van der Waals surface area contributed by atoms with Crippen LogP contribution in [-0.2, 0) is 20.1 Å². The molecule has 3 aromatic carbocycles. The number of hydrogen-bond acceptors (Lipinski definition) is 5. The number of imidazole rings is 1. The predicted octanol–water partition coefficient (Wildman–Crippen LogP) is 3.21. The molecule has 10 heteroatoms. The van der Waals surface area contributed by atoms with Crippen LogP contribution in [0.25, 0.3) is 11.1 Å². The first-order valence-electron chi connectivity index (χ1n) is 11.7. The number of rotatable bonds is 9. The normalized spacial score (nSPS) is 10.7. The zero-order valence-electron chi connectivity index (χ0n) is 21.2. The molecular weight excluding hydrogens is 489 g/mol. The van der Waals surface area contributed by atoms with E-state index in [1.165, 1.54) is 12.1 Å². The highest BCUT2D eigenvalue weighted by atomic mass is 19.1. The number of aromatic nitrogens is 2. The average molecular weight is 518 g/mol. The Kier molecular flexibility index (Phi) is 7.61. The van der Waals surface area contributed by atoms with Crippen molar-refractivity contribution in [2.75, 3.05) is 14.2 Å². The molecule has 0 saturated carbocycles. The van der Waals surface area contributed by atoms with E-state index in [4.69, 9.17) is 20.6 Å². The van der Waals surface area contributed by atoms with Gasteiger partial charge in [-0.2, -0.15) is 0 Å². The van der Waals surface area contributed by atoms with E-state index in [1.54, 1.807) is 79.2 Å². The lowest BCUT2D eigenvalue weighted by atomic mass is 9.95. The molecule has 4 N–H and O–H groups in total. The summed E-state index contributed by atoms with van der Waals surface area (Å²) < 4.78 is 27.9. The molecular formula is C28H28FN5O4. The van der Waals surface area contributed by atoms with Crippen molar-refractivity contribution in [2.24, 2.45) is 12.8 Å². The fourth-order valence-electron chi connectivity index (χ4n) is 4.14. The van der Waals surface area contributed by atoms with Gasteiger partial charge < -0.3 is 29.7 Å². The first-order chi connectivity index (χ1) is 18.2. The van der Waals surface area contributed by atoms with E-state index in [1.807, 2.05) is 0 Å². The molecule has 4 rings (SSSR count). The Hall–Kier alpha value is -4.86. The average Bonchev–Trinajstić information content (AvgIpc) is 3.23. The predicted molar refractivity (Wildman–Crippen MR) is 139 cm³/mol. The second-order valence-corrected chi connectivity index (χ2v) is 8.74. The van der Waals surface area contributed by atoms with Crippen LogP contribution in [0.1, 0.15) is 31.8 Å². The number of aryl methyl sites for hydroxylation is 1. The fourth-order valence-corrected chi connectivity index (χ4v) is 4.14. The number of benzene rings is 3. The van der Waals surface area contributed by atoms with Crippen LogP contribution in [-0.4, -0.2) is 35.2 Å². The summed E-state index contributed by atoms with van der Waals surface area (Å²) in [6.07, 6.45) is 3.52. The maximum Gasteiger partial charge on any atom is 0.251 e. The van der Waals surface area contributed by atoms with Crippen LogP contribution in [0.15, 0.2) is 67.0 Å². The highest BCUT2D eigenvalue weighted by molar-refractivity contribution is 6.01. The lowest BCUT2D eigenvalue weighted by molar-refractivity contribution is 0.0949. The maximum absolute atomic E-state index is 13.9. The Balaban J connectivity index is 1.72. The van der Waals surface area contributed by atoms with E-state index in [9.17, 15) is 14.0 Å². The third-order valence-corrected chi connectivity index (χ3v) is 6.11. The first kappa shape index (κ1) is 26.2. The van der Waals surface area contributed by atoms with Gasteiger partial charge in [0.15, 0.2) is 0 Å². The van der Waals surface area contributed by atoms with Crippen LogP contribution >= 0.6 is 0 Å². The Morgan fingerprint density at radius 2 is 1.68 bits per heavy atom. The molecule has 38 heavy (non-hydrogen) atoms. The first-order valence-corrected chi connectivity index (χ1v) is 11.7. The van der Waals surface area contributed by atoms with Crippen LogP contribution in [0.2, 0.25) is 0 Å². The highest BCUT2D eigenvalue weighted by Crippen LogP contribution is 2.28. The summed E-state index contributed by atoms with van der Waals surface area (Å²) in [7, 11) is 4.86. The molecule has 2 amide bonds. The molecule has 1 heterocycles. The summed E-state index contributed by atoms with van der Waals surface area (Å²) in [6.45, 7) is 0.507. The minimum atomic E-state index is -0.784. The van der Waals surface area contributed by atoms with Crippen molar-refractivity contribution < 1.29 is 23.5 Å². The zero-order chi connectivity index (χ0) is 27.4. The standard InChI is InChI=1S/C28H28FN5O4/c1-33-6-7-34(28(33)31)16-18-8-19(24-5-4-21(29)13-25(24)26(30)35)12-20(9-18)27(36)32-15-17-10-22(37-2)14-23(11-17)38-3/h4-14,31H,15-16H2,1-3H3,(H2,30,35)(H,32,36). The van der Waals surface area contributed by atoms with Gasteiger partial charge >= 0.3 is 0 Å². The molecule has 196 valence electrons. The number of hydrogen-bond donors (Lipinski definition) is 3. The summed E-state index contributed by atoms with van der Waals surface area (Å²) in [5.41, 5.74) is 8.54. The molecule has 0 spiro atoms. The number of nitrogens with zero attached hydrogens (tertiary/aromatic N) is 2. The maximum atomic E-state index is 13.9. The fraction of sp³-hybridized carbons (Fsp3) is 0.179. The van der Waals surface area contributed by atoms with Crippen molar-refractivity contribution >= 4 is 11.8 Å². The smallest absolute Gasteiger partial charge is 0.251 e. The van der Waals surface area contributed by atoms with Gasteiger partial charge in [0.1, 0.15) is 17.3 Å². The molecule has 9 nitrogen and oxygen atoms in total. The molecule has 0 fully saturated rings. The summed E-state index contributed by atoms with van der Waals surface area (Å²) in [5, 5.41) is 11.1. The van der Waals surface area contributed by atoms with Gasteiger partial charge in [0.2, 0.25) is 11.5 Å². The van der Waals surface area contributed by atoms with E-state index in [0.29, 0.717) is 40.3 Å². The van der Waals surface area contributed by atoms with Gasteiger partial charge in [0.25, 0.3) is 5.91 Å². The number of nitrogens with two attached hydrogens (primary N) is 1. The molecule has 0 bridgehead atoms. The molecule has 4 aromatic rings. The third kappa shape index (κ3) is 5.75. The lowest BCUT2D eigenvalue weighted by Crippen LogP contribution is -2.24. The van der Waals surface area contributed by atoms with Crippen molar-refractivity contribution in [3.8, 4) is 22.6 Å². The van der Waals surface area contributed by atoms with Gasteiger partial charge in [0, 0.05) is 43.2 Å². The third-order valence-electron chi connectivity index (χ3n) is 6.11. The summed E-state index contributed by atoms with van der Waals surface area (Å²) >= 11 is 0. The van der Waals surface area contributed by atoms with Crippen LogP contribution in [0, 0.1) is 11.2 Å². The molecule has 0 aliphatic carbocycles. The summed E-state index contributed by atoms with van der Waals surface area (Å²) in [5.74, 6) is -0.543. The van der Waals surface area contributed by atoms with Crippen LogP contribution < -0.4 is 26.1 Å². The van der Waals surface area contributed by atoms with Gasteiger partial charge in [-0.3, -0.25) is 15.0 Å². The summed E-state index contributed by atoms with van der Waals surface area (Å²) in [6, 6.07) is 14.2. The Bertz CT molecular complexity index is 1550. The molecule has 0 atom stereocenters. The molecule has 1 aromatic heterocycles. The molecule has 0 radical (unpaired) electrons. The minimum absolute atomic E-state index is 0.00512. The minimum Gasteiger partial charge on any atom is -0.497 e. The number of carbonyl (C=O) groups is 2. The topological polar surface area (TPSA) is 124 Å². The molecule has 0 saturated heterocycles. The van der Waals surface area contributed by atoms with Crippen LogP contribution in [0.5, 0.6) is 11.5 Å². The highest BCUT2D eigenvalue weighted by Gasteiger charge is 2.16. The second-order valence-electron chi connectivity index (χ2n) is 8.74. The Morgan fingerprint density at radius 1 is 0.974 bits per heavy atom. The lowest BCUT2D eigenvalue weighted by Gasteiger charge is -2.14. The second kappa shape index (κ2) is 11.0. The van der Waals surface area contributed by atoms with Gasteiger partial charge in [-0.15, -0.1) is 0 Å². The Morgan fingerprint density at radius 3 is 2.29 bits per heavy atom. The Labute approximate surface area is 218 Å². The van der Waals surface area contributed by atoms with Gasteiger partial charge in [0.05, 0.1) is 20.8 Å². The number of ether oxygens (including phenoxy) is 2. The van der Waals surface area contributed by atoms with E-state index in [2.05, 4.69) is 5.32 Å². The van der Waals surface area contributed by atoms with E-state index in [-0.39, 0.29) is 23.6 Å². The number of primary amides is 1. The van der Waals surface area contributed by atoms with Gasteiger partial charge in [-0.25, -0.2) is 4.39 Å². The van der Waals surface area contributed by atoms with Crippen LogP contribution in [0.4, 0.5) is 4.39 Å². The number of nitrogens with one attached hydrogen (secondary N) is 2. The van der Waals surface area contributed by atoms with E-state index < -0.39 is 11.7 Å². The van der Waals surface area contributed by atoms with Gasteiger partial charge in [-0.1, -0.05) is 6.07 Å².